The van der Waals surface area contributed by atoms with Crippen molar-refractivity contribution in [2.45, 2.75) is 50.7 Å². The van der Waals surface area contributed by atoms with E-state index >= 15 is 4.39 Å². The van der Waals surface area contributed by atoms with Crippen molar-refractivity contribution >= 4 is 41.1 Å². The minimum Gasteiger partial charge on any atom is -0.465 e. The molecule has 0 spiro atoms. The molecule has 0 fully saturated rings. The van der Waals surface area contributed by atoms with Crippen molar-refractivity contribution in [3.63, 3.8) is 0 Å². The fraction of sp³-hybridized carbons (Fsp3) is 0.375. The third-order valence-corrected chi connectivity index (χ3v) is 7.29. The van der Waals surface area contributed by atoms with Crippen molar-refractivity contribution in [1.29, 1.82) is 0 Å². The summed E-state index contributed by atoms with van der Waals surface area (Å²) in [5, 5.41) is 24.4. The molecule has 12 heteroatoms. The third-order valence-electron chi connectivity index (χ3n) is 5.83. The molecular formula is C24H26ClFN6O3S. The Morgan fingerprint density at radius 3 is 2.67 bits per heavy atom. The van der Waals surface area contributed by atoms with Crippen LogP contribution in [0.1, 0.15) is 32.8 Å². The normalized spacial score (nSPS) is 16.0. The zero-order chi connectivity index (χ0) is 26.0. The summed E-state index contributed by atoms with van der Waals surface area (Å²) in [6, 6.07) is 10.1. The van der Waals surface area contributed by atoms with Gasteiger partial charge in [0.25, 0.3) is 0 Å². The number of hydrogen-bond donors (Lipinski definition) is 2. The van der Waals surface area contributed by atoms with Gasteiger partial charge in [-0.2, -0.15) is 4.80 Å². The fourth-order valence-corrected chi connectivity index (χ4v) is 5.44. The number of amides is 2. The molecule has 1 aliphatic heterocycles. The number of aryl methyl sites for hydroxylation is 1. The van der Waals surface area contributed by atoms with Crippen LogP contribution in [-0.2, 0) is 17.9 Å². The largest absolute Gasteiger partial charge is 0.465 e. The van der Waals surface area contributed by atoms with E-state index < -0.39 is 23.4 Å². The zero-order valence-electron chi connectivity index (χ0n) is 20.0. The van der Waals surface area contributed by atoms with Crippen LogP contribution in [0.2, 0.25) is 5.02 Å². The molecule has 1 aromatic heterocycles. The second-order valence-corrected chi connectivity index (χ2v) is 10.7. The molecule has 0 saturated carbocycles. The van der Waals surface area contributed by atoms with Gasteiger partial charge in [-0.3, -0.25) is 4.79 Å². The number of rotatable bonds is 7. The first kappa shape index (κ1) is 25.9. The SMILES string of the molecule is CCn1nnc(-c2cc3c(cc2F)SC[C@H](CC(C)(C)NC(=O)O)C(=O)N3Cc2ccc(Cl)cc2)n1. The zero-order valence-corrected chi connectivity index (χ0v) is 21.6. The number of carbonyl (C=O) groups is 2. The maximum Gasteiger partial charge on any atom is 0.405 e. The second-order valence-electron chi connectivity index (χ2n) is 9.18. The Balaban J connectivity index is 1.76. The molecule has 36 heavy (non-hydrogen) atoms. The number of benzene rings is 2. The Hall–Kier alpha value is -3.18. The minimum atomic E-state index is -1.16. The van der Waals surface area contributed by atoms with Gasteiger partial charge in [-0.05, 0) is 62.2 Å². The highest BCUT2D eigenvalue weighted by Gasteiger charge is 2.36. The number of nitrogens with one attached hydrogen (secondary N) is 1. The summed E-state index contributed by atoms with van der Waals surface area (Å²) in [7, 11) is 0. The average Bonchev–Trinajstić information content (AvgIpc) is 3.25. The molecule has 2 N–H and O–H groups in total. The van der Waals surface area contributed by atoms with Crippen LogP contribution in [0.25, 0.3) is 11.4 Å². The molecular weight excluding hydrogens is 507 g/mol. The molecule has 2 aromatic carbocycles. The molecule has 4 rings (SSSR count). The number of halogens is 2. The maximum atomic E-state index is 15.2. The highest BCUT2D eigenvalue weighted by atomic mass is 35.5. The lowest BCUT2D eigenvalue weighted by atomic mass is 9.90. The van der Waals surface area contributed by atoms with Crippen LogP contribution in [-0.4, -0.2) is 48.6 Å². The Morgan fingerprint density at radius 2 is 2.03 bits per heavy atom. The summed E-state index contributed by atoms with van der Waals surface area (Å²) >= 11 is 7.41. The Bertz CT molecular complexity index is 1280. The number of carbonyl (C=O) groups excluding carboxylic acids is 1. The third kappa shape index (κ3) is 5.79. The number of carboxylic acid groups (broad SMARTS) is 1. The van der Waals surface area contributed by atoms with Crippen molar-refractivity contribution in [2.75, 3.05) is 10.7 Å². The summed E-state index contributed by atoms with van der Waals surface area (Å²) in [5.74, 6) is -0.700. The molecule has 3 aromatic rings. The van der Waals surface area contributed by atoms with Gasteiger partial charge in [0.1, 0.15) is 5.82 Å². The fourth-order valence-electron chi connectivity index (χ4n) is 4.17. The van der Waals surface area contributed by atoms with Crippen molar-refractivity contribution < 1.29 is 19.1 Å². The highest BCUT2D eigenvalue weighted by Crippen LogP contribution is 2.41. The van der Waals surface area contributed by atoms with E-state index in [1.54, 1.807) is 36.9 Å². The van der Waals surface area contributed by atoms with Gasteiger partial charge in [-0.15, -0.1) is 22.0 Å². The van der Waals surface area contributed by atoms with Crippen LogP contribution < -0.4 is 10.2 Å². The molecule has 1 aliphatic rings. The predicted molar refractivity (Wildman–Crippen MR) is 136 cm³/mol. The maximum absolute atomic E-state index is 15.2. The van der Waals surface area contributed by atoms with E-state index in [9.17, 15) is 14.7 Å². The number of tetrazole rings is 1. The Kier molecular flexibility index (Phi) is 7.51. The van der Waals surface area contributed by atoms with E-state index in [1.165, 1.54) is 22.6 Å². The number of fused-ring (bicyclic) bond motifs is 1. The van der Waals surface area contributed by atoms with Gasteiger partial charge in [0.05, 0.1) is 30.3 Å². The number of thioether (sulfide) groups is 1. The van der Waals surface area contributed by atoms with Gasteiger partial charge in [0.15, 0.2) is 0 Å². The van der Waals surface area contributed by atoms with Crippen LogP contribution in [0, 0.1) is 11.7 Å². The smallest absolute Gasteiger partial charge is 0.405 e. The molecule has 0 aliphatic carbocycles. The number of aromatic nitrogens is 4. The van der Waals surface area contributed by atoms with Crippen molar-refractivity contribution in [3.05, 3.63) is 52.8 Å². The first-order valence-corrected chi connectivity index (χ1v) is 12.7. The first-order chi connectivity index (χ1) is 17.1. The monoisotopic (exact) mass is 532 g/mol. The van der Waals surface area contributed by atoms with E-state index in [1.807, 2.05) is 19.1 Å². The Labute approximate surface area is 217 Å². The van der Waals surface area contributed by atoms with Gasteiger partial charge >= 0.3 is 6.09 Å². The summed E-state index contributed by atoms with van der Waals surface area (Å²) < 4.78 is 15.2. The number of nitrogens with zero attached hydrogens (tertiary/aromatic N) is 5. The van der Waals surface area contributed by atoms with Gasteiger partial charge in [-0.1, -0.05) is 23.7 Å². The summed E-state index contributed by atoms with van der Waals surface area (Å²) in [5.41, 5.74) is 0.687. The molecule has 2 amide bonds. The van der Waals surface area contributed by atoms with Gasteiger partial charge in [0.2, 0.25) is 11.7 Å². The van der Waals surface area contributed by atoms with E-state index in [4.69, 9.17) is 11.6 Å². The van der Waals surface area contributed by atoms with Crippen LogP contribution in [0.3, 0.4) is 0 Å². The average molecular weight is 533 g/mol. The van der Waals surface area contributed by atoms with E-state index in [0.717, 1.165) is 5.56 Å². The standard InChI is InChI=1S/C24H26ClFN6O3S/c1-4-32-29-21(28-30-32)17-9-19-20(10-18(17)26)36-13-15(11-24(2,3)27-23(34)35)22(33)31(19)12-14-5-7-16(25)8-6-14/h5-10,15,27H,4,11-13H2,1-3H3,(H,34,35)/t15-/m0/s1. The summed E-state index contributed by atoms with van der Waals surface area (Å²) in [4.78, 5) is 28.7. The minimum absolute atomic E-state index is 0.133. The molecule has 190 valence electrons. The van der Waals surface area contributed by atoms with Crippen molar-refractivity contribution in [1.82, 2.24) is 25.5 Å². The van der Waals surface area contributed by atoms with E-state index in [-0.39, 0.29) is 30.3 Å². The van der Waals surface area contributed by atoms with Gasteiger partial charge in [0, 0.05) is 21.2 Å². The number of anilines is 1. The highest BCUT2D eigenvalue weighted by molar-refractivity contribution is 7.99. The van der Waals surface area contributed by atoms with E-state index in [0.29, 0.717) is 27.9 Å². The second kappa shape index (κ2) is 10.4. The molecule has 2 heterocycles. The molecule has 9 nitrogen and oxygen atoms in total. The molecule has 0 bridgehead atoms. The molecule has 0 radical (unpaired) electrons. The lowest BCUT2D eigenvalue weighted by Crippen LogP contribution is -2.47. The summed E-state index contributed by atoms with van der Waals surface area (Å²) in [6.07, 6.45) is -0.882. The van der Waals surface area contributed by atoms with E-state index in [2.05, 4.69) is 20.7 Å². The molecule has 0 saturated heterocycles. The van der Waals surface area contributed by atoms with Crippen molar-refractivity contribution in [2.24, 2.45) is 5.92 Å². The summed E-state index contributed by atoms with van der Waals surface area (Å²) in [6.45, 7) is 6.04. The van der Waals surface area contributed by atoms with Crippen LogP contribution in [0.5, 0.6) is 0 Å². The first-order valence-electron chi connectivity index (χ1n) is 11.4. The Morgan fingerprint density at radius 1 is 1.31 bits per heavy atom. The predicted octanol–water partition coefficient (Wildman–Crippen LogP) is 4.84. The quantitative estimate of drug-likeness (QED) is 0.447. The lowest BCUT2D eigenvalue weighted by molar-refractivity contribution is -0.122. The van der Waals surface area contributed by atoms with Gasteiger partial charge in [-0.25, -0.2) is 9.18 Å². The molecule has 1 atom stereocenters. The lowest BCUT2D eigenvalue weighted by Gasteiger charge is -2.31. The van der Waals surface area contributed by atoms with Crippen LogP contribution >= 0.6 is 23.4 Å². The van der Waals surface area contributed by atoms with Crippen LogP contribution in [0.4, 0.5) is 14.9 Å². The van der Waals surface area contributed by atoms with Crippen LogP contribution in [0.15, 0.2) is 41.3 Å². The molecule has 0 unspecified atom stereocenters. The topological polar surface area (TPSA) is 113 Å². The van der Waals surface area contributed by atoms with Crippen molar-refractivity contribution in [3.8, 4) is 11.4 Å². The van der Waals surface area contributed by atoms with Gasteiger partial charge < -0.3 is 15.3 Å². The number of hydrogen-bond acceptors (Lipinski definition) is 6.